The number of anilines is 1. The molecule has 0 radical (unpaired) electrons. The van der Waals surface area contributed by atoms with Gasteiger partial charge in [-0.2, -0.15) is 5.10 Å². The Hall–Kier alpha value is -2.08. The van der Waals surface area contributed by atoms with Crippen molar-refractivity contribution in [2.24, 2.45) is 13.0 Å². The number of rotatable bonds is 4. The highest BCUT2D eigenvalue weighted by atomic mass is 35.5. The highest BCUT2D eigenvalue weighted by Gasteiger charge is 2.19. The zero-order valence-electron chi connectivity index (χ0n) is 12.1. The van der Waals surface area contributed by atoms with E-state index in [0.717, 1.165) is 12.0 Å². The number of nitrogens with zero attached hydrogens (tertiary/aromatic N) is 3. The molecule has 0 aliphatic rings. The van der Waals surface area contributed by atoms with E-state index < -0.39 is 4.92 Å². The van der Waals surface area contributed by atoms with Gasteiger partial charge in [-0.3, -0.25) is 14.8 Å². The Balaban J connectivity index is 2.61. The van der Waals surface area contributed by atoms with Gasteiger partial charge in [-0.1, -0.05) is 25.4 Å². The number of hydrogen-bond donors (Lipinski definition) is 1. The van der Waals surface area contributed by atoms with E-state index in [9.17, 15) is 10.1 Å². The number of aromatic nitrogens is 2. The van der Waals surface area contributed by atoms with Crippen molar-refractivity contribution in [1.29, 1.82) is 0 Å². The second-order valence-electron chi connectivity index (χ2n) is 5.39. The van der Waals surface area contributed by atoms with Crippen LogP contribution in [0.1, 0.15) is 19.4 Å². The molecule has 2 N–H and O–H groups in total. The summed E-state index contributed by atoms with van der Waals surface area (Å²) in [6, 6.07) is 4.46. The fourth-order valence-electron chi connectivity index (χ4n) is 2.24. The first-order valence-corrected chi connectivity index (χ1v) is 6.94. The van der Waals surface area contributed by atoms with Crippen molar-refractivity contribution in [2.75, 3.05) is 5.73 Å². The van der Waals surface area contributed by atoms with Crippen LogP contribution < -0.4 is 5.73 Å². The minimum Gasteiger partial charge on any atom is -0.384 e. The normalized spacial score (nSPS) is 11.1. The van der Waals surface area contributed by atoms with E-state index in [1.165, 1.54) is 12.1 Å². The fraction of sp³-hybridized carbons (Fsp3) is 0.357. The van der Waals surface area contributed by atoms with E-state index >= 15 is 0 Å². The quantitative estimate of drug-likeness (QED) is 0.692. The van der Waals surface area contributed by atoms with E-state index in [1.807, 2.05) is 0 Å². The molecule has 112 valence electrons. The Labute approximate surface area is 127 Å². The van der Waals surface area contributed by atoms with Crippen LogP contribution in [0.15, 0.2) is 18.2 Å². The van der Waals surface area contributed by atoms with Gasteiger partial charge in [0, 0.05) is 35.3 Å². The summed E-state index contributed by atoms with van der Waals surface area (Å²) in [7, 11) is 1.75. The van der Waals surface area contributed by atoms with Gasteiger partial charge in [0.1, 0.15) is 5.82 Å². The molecule has 0 saturated carbocycles. The number of hydrogen-bond acceptors (Lipinski definition) is 4. The lowest BCUT2D eigenvalue weighted by Crippen LogP contribution is -2.02. The Morgan fingerprint density at radius 1 is 1.43 bits per heavy atom. The van der Waals surface area contributed by atoms with Crippen LogP contribution in [-0.2, 0) is 13.5 Å². The van der Waals surface area contributed by atoms with Gasteiger partial charge in [0.05, 0.1) is 10.6 Å². The van der Waals surface area contributed by atoms with Crippen LogP contribution in [0.5, 0.6) is 0 Å². The van der Waals surface area contributed by atoms with Crippen LogP contribution in [0.25, 0.3) is 11.3 Å². The van der Waals surface area contributed by atoms with Gasteiger partial charge in [-0.15, -0.1) is 0 Å². The third kappa shape index (κ3) is 3.16. The maximum absolute atomic E-state index is 11.0. The van der Waals surface area contributed by atoms with Gasteiger partial charge in [-0.25, -0.2) is 0 Å². The van der Waals surface area contributed by atoms with Crippen molar-refractivity contribution >= 4 is 23.1 Å². The minimum atomic E-state index is -0.468. The molecule has 0 saturated heterocycles. The smallest absolute Gasteiger partial charge is 0.271 e. The molecule has 0 amide bonds. The molecule has 1 heterocycles. The molecular formula is C14H17ClN4O2. The van der Waals surface area contributed by atoms with Crippen molar-refractivity contribution < 1.29 is 4.92 Å². The Morgan fingerprint density at radius 2 is 2.10 bits per heavy atom. The predicted molar refractivity (Wildman–Crippen MR) is 83.3 cm³/mol. The Morgan fingerprint density at radius 3 is 2.67 bits per heavy atom. The standard InChI is InChI=1S/C14H17ClN4O2/c1-8(2)4-12-13(17-18(3)14(12)16)9-5-10(15)7-11(6-9)19(20)21/h5-8H,4,16H2,1-3H3. The highest BCUT2D eigenvalue weighted by molar-refractivity contribution is 6.31. The molecule has 0 atom stereocenters. The summed E-state index contributed by atoms with van der Waals surface area (Å²) in [6.45, 7) is 4.16. The first-order chi connectivity index (χ1) is 9.79. The highest BCUT2D eigenvalue weighted by Crippen LogP contribution is 2.33. The van der Waals surface area contributed by atoms with Gasteiger partial charge in [0.2, 0.25) is 0 Å². The van der Waals surface area contributed by atoms with Crippen LogP contribution in [0.3, 0.4) is 0 Å². The molecule has 0 fully saturated rings. The van der Waals surface area contributed by atoms with Crippen molar-refractivity contribution in [3.63, 3.8) is 0 Å². The largest absolute Gasteiger partial charge is 0.384 e. The zero-order valence-corrected chi connectivity index (χ0v) is 12.9. The molecule has 21 heavy (non-hydrogen) atoms. The molecule has 0 bridgehead atoms. The third-order valence-electron chi connectivity index (χ3n) is 3.17. The number of aryl methyl sites for hydroxylation is 1. The molecule has 2 aromatic rings. The maximum Gasteiger partial charge on any atom is 0.271 e. The number of nitro benzene ring substituents is 1. The van der Waals surface area contributed by atoms with Crippen molar-refractivity contribution in [3.8, 4) is 11.3 Å². The van der Waals surface area contributed by atoms with E-state index in [4.69, 9.17) is 17.3 Å². The molecule has 0 spiro atoms. The van der Waals surface area contributed by atoms with Crippen molar-refractivity contribution in [1.82, 2.24) is 9.78 Å². The lowest BCUT2D eigenvalue weighted by Gasteiger charge is -2.07. The van der Waals surface area contributed by atoms with E-state index in [2.05, 4.69) is 18.9 Å². The molecule has 6 nitrogen and oxygen atoms in total. The second-order valence-corrected chi connectivity index (χ2v) is 5.83. The lowest BCUT2D eigenvalue weighted by molar-refractivity contribution is -0.384. The van der Waals surface area contributed by atoms with E-state index in [0.29, 0.717) is 28.0 Å². The van der Waals surface area contributed by atoms with Gasteiger partial charge in [-0.05, 0) is 18.4 Å². The topological polar surface area (TPSA) is 87.0 Å². The predicted octanol–water partition coefficient (Wildman–Crippen LogP) is 3.43. The number of benzene rings is 1. The SMILES string of the molecule is CC(C)Cc1c(-c2cc(Cl)cc([N+](=O)[O-])c2)nn(C)c1N. The summed E-state index contributed by atoms with van der Waals surface area (Å²) < 4.78 is 1.58. The molecule has 2 rings (SSSR count). The van der Waals surface area contributed by atoms with Crippen LogP contribution in [-0.4, -0.2) is 14.7 Å². The average Bonchev–Trinajstić information content (AvgIpc) is 2.65. The van der Waals surface area contributed by atoms with Gasteiger partial charge in [0.15, 0.2) is 0 Å². The number of nitrogens with two attached hydrogens (primary N) is 1. The third-order valence-corrected chi connectivity index (χ3v) is 3.39. The van der Waals surface area contributed by atoms with Crippen LogP contribution in [0.4, 0.5) is 11.5 Å². The molecule has 0 aliphatic carbocycles. The second kappa shape index (κ2) is 5.73. The summed E-state index contributed by atoms with van der Waals surface area (Å²) in [6.07, 6.45) is 0.745. The molecule has 0 unspecified atom stereocenters. The fourth-order valence-corrected chi connectivity index (χ4v) is 2.47. The van der Waals surface area contributed by atoms with Crippen LogP contribution in [0.2, 0.25) is 5.02 Å². The molecule has 1 aromatic heterocycles. The first-order valence-electron chi connectivity index (χ1n) is 6.56. The Bertz CT molecular complexity index is 695. The van der Waals surface area contributed by atoms with Gasteiger partial charge in [0.25, 0.3) is 5.69 Å². The van der Waals surface area contributed by atoms with Crippen LogP contribution >= 0.6 is 11.6 Å². The number of non-ortho nitro benzene ring substituents is 1. The minimum absolute atomic E-state index is 0.0581. The summed E-state index contributed by atoms with van der Waals surface area (Å²) in [5, 5.41) is 15.7. The van der Waals surface area contributed by atoms with E-state index in [-0.39, 0.29) is 5.69 Å². The summed E-state index contributed by atoms with van der Waals surface area (Å²) >= 11 is 5.98. The number of nitro groups is 1. The Kier molecular flexibility index (Phi) is 4.18. The van der Waals surface area contributed by atoms with Crippen molar-refractivity contribution in [3.05, 3.63) is 38.9 Å². The number of nitrogen functional groups attached to an aromatic ring is 1. The summed E-state index contributed by atoms with van der Waals surface area (Å²) in [5.74, 6) is 0.964. The summed E-state index contributed by atoms with van der Waals surface area (Å²) in [4.78, 5) is 10.5. The van der Waals surface area contributed by atoms with Gasteiger partial charge < -0.3 is 5.73 Å². The number of halogens is 1. The molecule has 7 heteroatoms. The summed E-state index contributed by atoms with van der Waals surface area (Å²) in [5.41, 5.74) is 8.15. The first kappa shape index (κ1) is 15.3. The van der Waals surface area contributed by atoms with Crippen molar-refractivity contribution in [2.45, 2.75) is 20.3 Å². The molecular weight excluding hydrogens is 292 g/mol. The molecule has 1 aromatic carbocycles. The van der Waals surface area contributed by atoms with Gasteiger partial charge >= 0.3 is 0 Å². The average molecular weight is 309 g/mol. The molecule has 0 aliphatic heterocycles. The maximum atomic E-state index is 11.0. The zero-order chi connectivity index (χ0) is 15.7. The van der Waals surface area contributed by atoms with E-state index in [1.54, 1.807) is 17.8 Å². The monoisotopic (exact) mass is 308 g/mol. The lowest BCUT2D eigenvalue weighted by atomic mass is 9.99. The van der Waals surface area contributed by atoms with Crippen LogP contribution in [0, 0.1) is 16.0 Å².